The first-order chi connectivity index (χ1) is 9.33. The molecule has 2 heteroatoms. The van der Waals surface area contributed by atoms with Gasteiger partial charge in [0.2, 0.25) is 0 Å². The summed E-state index contributed by atoms with van der Waals surface area (Å²) in [5, 5.41) is 3.02. The summed E-state index contributed by atoms with van der Waals surface area (Å²) in [6.45, 7) is 0. The van der Waals surface area contributed by atoms with Crippen LogP contribution in [0, 0.1) is 0 Å². The summed E-state index contributed by atoms with van der Waals surface area (Å²) < 4.78 is 0. The van der Waals surface area contributed by atoms with Gasteiger partial charge < -0.3 is 5.32 Å². The zero-order chi connectivity index (χ0) is 13.1. The van der Waals surface area contributed by atoms with E-state index in [4.69, 9.17) is 0 Å². The molecule has 0 spiro atoms. The average Bonchev–Trinajstić information content (AvgIpc) is 2.46. The second kappa shape index (κ2) is 5.11. The number of fused-ring (bicyclic) bond motifs is 1. The second-order valence-corrected chi connectivity index (χ2v) is 4.71. The maximum atomic E-state index is 12.0. The number of amides is 1. The Kier molecular flexibility index (Phi) is 3.15. The van der Waals surface area contributed by atoms with Crippen molar-refractivity contribution < 1.29 is 4.79 Å². The minimum Gasteiger partial charge on any atom is -0.345 e. The largest absolute Gasteiger partial charge is 0.345 e. The molecule has 1 amide bonds. The van der Waals surface area contributed by atoms with Gasteiger partial charge in [-0.25, -0.2) is 0 Å². The molecule has 1 unspecified atom stereocenters. The molecule has 1 N–H and O–H groups in total. The van der Waals surface area contributed by atoms with Gasteiger partial charge in [-0.3, -0.25) is 4.79 Å². The lowest BCUT2D eigenvalue weighted by atomic mass is 9.95. The van der Waals surface area contributed by atoms with E-state index in [1.54, 1.807) is 0 Å². The zero-order valence-electron chi connectivity index (χ0n) is 10.5. The number of nitrogens with one attached hydrogen (secondary N) is 1. The first-order valence-corrected chi connectivity index (χ1v) is 6.45. The quantitative estimate of drug-likeness (QED) is 0.870. The normalized spacial score (nSPS) is 18.1. The summed E-state index contributed by atoms with van der Waals surface area (Å²) >= 11 is 0. The van der Waals surface area contributed by atoms with Gasteiger partial charge in [0.05, 0.1) is 6.04 Å². The third-order valence-electron chi connectivity index (χ3n) is 3.34. The van der Waals surface area contributed by atoms with Crippen LogP contribution in [0.1, 0.15) is 21.5 Å². The Morgan fingerprint density at radius 1 is 1.00 bits per heavy atom. The van der Waals surface area contributed by atoms with Crippen molar-refractivity contribution in [2.45, 2.75) is 12.5 Å². The maximum absolute atomic E-state index is 12.0. The molecule has 3 rings (SSSR count). The molecule has 1 aliphatic rings. The summed E-state index contributed by atoms with van der Waals surface area (Å²) in [5.74, 6) is 0.0181. The van der Waals surface area contributed by atoms with E-state index in [2.05, 4.69) is 29.6 Å². The van der Waals surface area contributed by atoms with Crippen molar-refractivity contribution in [3.8, 4) is 0 Å². The van der Waals surface area contributed by atoms with Gasteiger partial charge in [0.25, 0.3) is 5.91 Å². The van der Waals surface area contributed by atoms with Crippen molar-refractivity contribution in [2.24, 2.45) is 0 Å². The van der Waals surface area contributed by atoms with Crippen molar-refractivity contribution in [3.63, 3.8) is 0 Å². The van der Waals surface area contributed by atoms with Crippen LogP contribution in [0.5, 0.6) is 0 Å². The van der Waals surface area contributed by atoms with Crippen LogP contribution in [0.3, 0.4) is 0 Å². The van der Waals surface area contributed by atoms with E-state index in [9.17, 15) is 4.79 Å². The van der Waals surface area contributed by atoms with E-state index in [1.807, 2.05) is 42.5 Å². The van der Waals surface area contributed by atoms with Crippen LogP contribution in [0.15, 0.2) is 60.7 Å². The highest BCUT2D eigenvalue weighted by Crippen LogP contribution is 2.17. The Hall–Kier alpha value is -2.35. The van der Waals surface area contributed by atoms with Gasteiger partial charge in [-0.05, 0) is 23.6 Å². The second-order valence-electron chi connectivity index (χ2n) is 4.71. The van der Waals surface area contributed by atoms with Gasteiger partial charge >= 0.3 is 0 Å². The monoisotopic (exact) mass is 249 g/mol. The fourth-order valence-electron chi connectivity index (χ4n) is 2.36. The Bertz CT molecular complexity index is 616. The van der Waals surface area contributed by atoms with Gasteiger partial charge in [0, 0.05) is 5.56 Å². The molecule has 1 atom stereocenters. The Labute approximate surface area is 112 Å². The lowest BCUT2D eigenvalue weighted by Gasteiger charge is -2.23. The SMILES string of the molecule is O=C1NC(/C=C/c2ccccc2)Cc2ccccc21. The summed E-state index contributed by atoms with van der Waals surface area (Å²) in [6, 6.07) is 18.0. The van der Waals surface area contributed by atoms with Crippen LogP contribution in [-0.2, 0) is 6.42 Å². The predicted molar refractivity (Wildman–Crippen MR) is 76.9 cm³/mol. The number of carbonyl (C=O) groups excluding carboxylic acids is 1. The summed E-state index contributed by atoms with van der Waals surface area (Å²) in [5.41, 5.74) is 3.07. The van der Waals surface area contributed by atoms with E-state index >= 15 is 0 Å². The van der Waals surface area contributed by atoms with E-state index < -0.39 is 0 Å². The third-order valence-corrected chi connectivity index (χ3v) is 3.34. The fourth-order valence-corrected chi connectivity index (χ4v) is 2.36. The molecule has 0 bridgehead atoms. The molecule has 2 nitrogen and oxygen atoms in total. The van der Waals surface area contributed by atoms with Crippen LogP contribution >= 0.6 is 0 Å². The standard InChI is InChI=1S/C17H15NO/c19-17-16-9-5-4-8-14(16)12-15(18-17)11-10-13-6-2-1-3-7-13/h1-11,15H,12H2,(H,18,19)/b11-10+. The number of hydrogen-bond donors (Lipinski definition) is 1. The van der Waals surface area contributed by atoms with E-state index in [-0.39, 0.29) is 11.9 Å². The minimum absolute atomic E-state index is 0.0181. The molecule has 0 fully saturated rings. The zero-order valence-corrected chi connectivity index (χ0v) is 10.5. The highest BCUT2D eigenvalue weighted by Gasteiger charge is 2.21. The molecule has 0 saturated carbocycles. The van der Waals surface area contributed by atoms with Crippen LogP contribution in [0.2, 0.25) is 0 Å². The number of hydrogen-bond acceptors (Lipinski definition) is 1. The summed E-state index contributed by atoms with van der Waals surface area (Å²) in [7, 11) is 0. The minimum atomic E-state index is 0.0181. The van der Waals surface area contributed by atoms with Crippen LogP contribution in [0.4, 0.5) is 0 Å². The third kappa shape index (κ3) is 2.58. The Morgan fingerprint density at radius 2 is 1.74 bits per heavy atom. The van der Waals surface area contributed by atoms with E-state index in [0.717, 1.165) is 23.1 Å². The predicted octanol–water partition coefficient (Wildman–Crippen LogP) is 3.05. The van der Waals surface area contributed by atoms with Gasteiger partial charge in [-0.1, -0.05) is 60.7 Å². The fraction of sp³-hybridized carbons (Fsp3) is 0.118. The van der Waals surface area contributed by atoms with Gasteiger partial charge in [-0.2, -0.15) is 0 Å². The molecular formula is C17H15NO. The molecule has 94 valence electrons. The van der Waals surface area contributed by atoms with Crippen LogP contribution < -0.4 is 5.32 Å². The first kappa shape index (κ1) is 11.7. The summed E-state index contributed by atoms with van der Waals surface area (Å²) in [6.07, 6.45) is 4.97. The van der Waals surface area contributed by atoms with E-state index in [0.29, 0.717) is 0 Å². The molecule has 2 aromatic carbocycles. The highest BCUT2D eigenvalue weighted by atomic mass is 16.1. The van der Waals surface area contributed by atoms with Gasteiger partial charge in [-0.15, -0.1) is 0 Å². The van der Waals surface area contributed by atoms with Crippen LogP contribution in [-0.4, -0.2) is 11.9 Å². The van der Waals surface area contributed by atoms with Crippen molar-refractivity contribution in [1.29, 1.82) is 0 Å². The molecule has 0 saturated heterocycles. The van der Waals surface area contributed by atoms with Crippen LogP contribution in [0.25, 0.3) is 6.08 Å². The van der Waals surface area contributed by atoms with Gasteiger partial charge in [0.1, 0.15) is 0 Å². The van der Waals surface area contributed by atoms with E-state index in [1.165, 1.54) is 0 Å². The maximum Gasteiger partial charge on any atom is 0.252 e. The van der Waals surface area contributed by atoms with Crippen molar-refractivity contribution in [3.05, 3.63) is 77.4 Å². The smallest absolute Gasteiger partial charge is 0.252 e. The molecule has 0 aliphatic carbocycles. The van der Waals surface area contributed by atoms with Gasteiger partial charge in [0.15, 0.2) is 0 Å². The van der Waals surface area contributed by atoms with Crippen molar-refractivity contribution in [1.82, 2.24) is 5.32 Å². The first-order valence-electron chi connectivity index (χ1n) is 6.45. The molecule has 2 aromatic rings. The molecule has 0 radical (unpaired) electrons. The molecule has 1 aliphatic heterocycles. The summed E-state index contributed by atoms with van der Waals surface area (Å²) in [4.78, 5) is 12.0. The van der Waals surface area contributed by atoms with Crippen molar-refractivity contribution in [2.75, 3.05) is 0 Å². The Morgan fingerprint density at radius 3 is 2.58 bits per heavy atom. The lowest BCUT2D eigenvalue weighted by molar-refractivity contribution is 0.0934. The lowest BCUT2D eigenvalue weighted by Crippen LogP contribution is -2.39. The molecule has 0 aromatic heterocycles. The number of benzene rings is 2. The molecule has 1 heterocycles. The molecule has 19 heavy (non-hydrogen) atoms. The topological polar surface area (TPSA) is 29.1 Å². The highest BCUT2D eigenvalue weighted by molar-refractivity contribution is 5.97. The number of carbonyl (C=O) groups is 1. The Balaban J connectivity index is 1.79. The average molecular weight is 249 g/mol. The molecular weight excluding hydrogens is 234 g/mol. The van der Waals surface area contributed by atoms with Crippen molar-refractivity contribution >= 4 is 12.0 Å². The number of rotatable bonds is 2.